The van der Waals surface area contributed by atoms with E-state index in [1.165, 1.54) is 11.3 Å². The van der Waals surface area contributed by atoms with Crippen LogP contribution in [0.5, 0.6) is 0 Å². The fourth-order valence-corrected chi connectivity index (χ4v) is 9.38. The van der Waals surface area contributed by atoms with Crippen molar-refractivity contribution in [1.29, 1.82) is 0 Å². The molecule has 0 aliphatic heterocycles. The minimum Gasteiger partial charge on any atom is -0.313 e. The van der Waals surface area contributed by atoms with E-state index >= 15 is 0 Å². The maximum Gasteiger partial charge on any atom is 0.182 e. The number of thiazole rings is 1. The van der Waals surface area contributed by atoms with E-state index in [4.69, 9.17) is 0 Å². The van der Waals surface area contributed by atoms with Crippen LogP contribution in [0.25, 0.3) is 10.2 Å². The van der Waals surface area contributed by atoms with Gasteiger partial charge >= 0.3 is 0 Å². The highest BCUT2D eigenvalue weighted by molar-refractivity contribution is 7.99. The van der Waals surface area contributed by atoms with Crippen molar-refractivity contribution in [1.82, 2.24) is 4.98 Å². The normalized spacial score (nSPS) is 12.9. The molecular weight excluding hydrogens is 381 g/mol. The van der Waals surface area contributed by atoms with Crippen molar-refractivity contribution in [3.05, 3.63) is 84.9 Å². The largest absolute Gasteiger partial charge is 0.313 e. The van der Waals surface area contributed by atoms with Crippen LogP contribution in [0.1, 0.15) is 0 Å². The molecule has 3 aromatic carbocycles. The number of aromatic nitrogens is 1. The lowest BCUT2D eigenvalue weighted by Gasteiger charge is -2.18. The Morgan fingerprint density at radius 2 is 1.35 bits per heavy atom. The van der Waals surface area contributed by atoms with Gasteiger partial charge in [0.25, 0.3) is 0 Å². The van der Waals surface area contributed by atoms with Crippen LogP contribution in [0.3, 0.4) is 0 Å². The lowest BCUT2D eigenvalue weighted by Crippen LogP contribution is -2.20. The van der Waals surface area contributed by atoms with Crippen molar-refractivity contribution >= 4 is 50.1 Å². The second-order valence-electron chi connectivity index (χ2n) is 5.83. The average Bonchev–Trinajstić information content (AvgIpc) is 3.14. The van der Waals surface area contributed by atoms with Crippen LogP contribution in [-0.4, -0.2) is 14.7 Å². The van der Waals surface area contributed by atoms with Gasteiger partial charge in [-0.2, -0.15) is 0 Å². The van der Waals surface area contributed by atoms with Gasteiger partial charge < -0.3 is 4.57 Å². The molecule has 4 aromatic rings. The zero-order valence-electron chi connectivity index (χ0n) is 13.8. The lowest BCUT2D eigenvalue weighted by atomic mass is 10.3. The van der Waals surface area contributed by atoms with Gasteiger partial charge in [-0.3, -0.25) is 4.21 Å². The summed E-state index contributed by atoms with van der Waals surface area (Å²) >= 11 is 1.40. The summed E-state index contributed by atoms with van der Waals surface area (Å²) in [4.78, 5) is 4.48. The predicted molar refractivity (Wildman–Crippen MR) is 111 cm³/mol. The first kappa shape index (κ1) is 17.3. The van der Waals surface area contributed by atoms with Crippen molar-refractivity contribution in [2.24, 2.45) is 0 Å². The molecule has 0 spiro atoms. The van der Waals surface area contributed by atoms with Crippen LogP contribution < -0.4 is 10.6 Å². The number of rotatable bonds is 5. The summed E-state index contributed by atoms with van der Waals surface area (Å²) in [6.07, 6.45) is 0. The quantitative estimate of drug-likeness (QED) is 0.470. The summed E-state index contributed by atoms with van der Waals surface area (Å²) in [7, 11) is -4.46. The van der Waals surface area contributed by atoms with Gasteiger partial charge in [-0.25, -0.2) is 4.98 Å². The second-order valence-corrected chi connectivity index (χ2v) is 11.7. The molecular formula is C20H16NO2PS2. The number of benzene rings is 3. The molecule has 4 rings (SSSR count). The Morgan fingerprint density at radius 1 is 0.808 bits per heavy atom. The number of para-hydroxylation sites is 1. The highest BCUT2D eigenvalue weighted by Gasteiger charge is 2.31. The molecule has 6 heteroatoms. The van der Waals surface area contributed by atoms with Gasteiger partial charge in [0.15, 0.2) is 11.5 Å². The van der Waals surface area contributed by atoms with Crippen molar-refractivity contribution < 1.29 is 8.77 Å². The molecule has 1 atom stereocenters. The summed E-state index contributed by atoms with van der Waals surface area (Å²) < 4.78 is 28.6. The number of nitrogens with zero attached hydrogens (tertiary/aromatic N) is 1. The molecule has 1 aromatic heterocycles. The molecule has 0 saturated heterocycles. The molecule has 0 aliphatic rings. The van der Waals surface area contributed by atoms with Crippen molar-refractivity contribution in [3.8, 4) is 0 Å². The van der Waals surface area contributed by atoms with Crippen LogP contribution in [-0.2, 0) is 15.4 Å². The van der Waals surface area contributed by atoms with Crippen molar-refractivity contribution in [2.75, 3.05) is 5.49 Å². The van der Waals surface area contributed by atoms with Gasteiger partial charge in [-0.05, 0) is 12.1 Å². The van der Waals surface area contributed by atoms with Gasteiger partial charge in [0.05, 0.1) is 26.5 Å². The van der Waals surface area contributed by atoms with Crippen LogP contribution in [0, 0.1) is 0 Å². The molecule has 26 heavy (non-hydrogen) atoms. The third-order valence-corrected chi connectivity index (χ3v) is 10.9. The molecule has 0 fully saturated rings. The number of fused-ring (bicyclic) bond motifs is 1. The van der Waals surface area contributed by atoms with E-state index in [1.807, 2.05) is 84.9 Å². The highest BCUT2D eigenvalue weighted by atomic mass is 32.2. The Kier molecular flexibility index (Phi) is 4.86. The van der Waals surface area contributed by atoms with E-state index in [-0.39, 0.29) is 5.49 Å². The highest BCUT2D eigenvalue weighted by Crippen LogP contribution is 2.45. The zero-order valence-corrected chi connectivity index (χ0v) is 16.3. The maximum absolute atomic E-state index is 14.0. The minimum atomic E-state index is -3.02. The molecule has 0 radical (unpaired) electrons. The molecule has 0 saturated carbocycles. The third-order valence-electron chi connectivity index (χ3n) is 4.11. The number of hydrogen-bond acceptors (Lipinski definition) is 4. The maximum atomic E-state index is 14.0. The third kappa shape index (κ3) is 3.30. The molecule has 0 amide bonds. The molecule has 0 N–H and O–H groups in total. The summed E-state index contributed by atoms with van der Waals surface area (Å²) in [6.45, 7) is 0. The molecule has 0 aliphatic carbocycles. The molecule has 1 heterocycles. The van der Waals surface area contributed by atoms with Gasteiger partial charge in [-0.1, -0.05) is 72.8 Å². The van der Waals surface area contributed by atoms with Crippen LogP contribution in [0.15, 0.2) is 89.3 Å². The second kappa shape index (κ2) is 7.28. The monoisotopic (exact) mass is 397 g/mol. The average molecular weight is 397 g/mol. The van der Waals surface area contributed by atoms with Gasteiger partial charge in [0, 0.05) is 10.6 Å². The van der Waals surface area contributed by atoms with Gasteiger partial charge in [0.2, 0.25) is 0 Å². The number of hydrogen-bond donors (Lipinski definition) is 0. The molecule has 0 unspecified atom stereocenters. The van der Waals surface area contributed by atoms with E-state index in [2.05, 4.69) is 4.98 Å². The van der Waals surface area contributed by atoms with E-state index in [9.17, 15) is 8.77 Å². The fourth-order valence-electron chi connectivity index (χ4n) is 2.80. The summed E-state index contributed by atoms with van der Waals surface area (Å²) in [5.74, 6) is 0. The molecule has 3 nitrogen and oxygen atoms in total. The zero-order chi connectivity index (χ0) is 18.0. The van der Waals surface area contributed by atoms with E-state index in [0.29, 0.717) is 4.34 Å². The van der Waals surface area contributed by atoms with Crippen molar-refractivity contribution in [2.45, 2.75) is 4.34 Å². The Labute approximate surface area is 158 Å². The lowest BCUT2D eigenvalue weighted by molar-refractivity contribution is 0.589. The van der Waals surface area contributed by atoms with Crippen LogP contribution in [0.2, 0.25) is 0 Å². The van der Waals surface area contributed by atoms with Gasteiger partial charge in [0.1, 0.15) is 0 Å². The first-order valence-electron chi connectivity index (χ1n) is 8.11. The predicted octanol–water partition coefficient (Wildman–Crippen LogP) is 4.38. The molecule has 130 valence electrons. The minimum absolute atomic E-state index is 0.0564. The van der Waals surface area contributed by atoms with Crippen LogP contribution >= 0.6 is 18.5 Å². The molecule has 0 bridgehead atoms. The summed E-state index contributed by atoms with van der Waals surface area (Å²) in [5, 5.41) is 1.45. The SMILES string of the molecule is O=[S@@](CP(=O)(c1ccccc1)c1ccccc1)c1nc2ccccc2s1. The Balaban J connectivity index is 1.75. The first-order valence-corrected chi connectivity index (χ1v) is 12.1. The van der Waals surface area contributed by atoms with E-state index in [1.54, 1.807) is 0 Å². The van der Waals surface area contributed by atoms with Gasteiger partial charge in [-0.15, -0.1) is 11.3 Å². The van der Waals surface area contributed by atoms with E-state index in [0.717, 1.165) is 20.8 Å². The van der Waals surface area contributed by atoms with Crippen LogP contribution in [0.4, 0.5) is 0 Å². The first-order chi connectivity index (χ1) is 12.7. The smallest absolute Gasteiger partial charge is 0.182 e. The van der Waals surface area contributed by atoms with E-state index < -0.39 is 17.9 Å². The fraction of sp³-hybridized carbons (Fsp3) is 0.0500. The standard InChI is InChI=1S/C20H16NO2PS2/c22-24(16-9-3-1-4-10-16,17-11-5-2-6-12-17)15-26(23)20-21-18-13-7-8-14-19(18)25-20/h1-14H,15H2/t26-/m0/s1. The summed E-state index contributed by atoms with van der Waals surface area (Å²) in [5.41, 5.74) is 0.885. The Hall–Kier alpha value is -2.07. The Bertz CT molecular complexity index is 1030. The topological polar surface area (TPSA) is 47.0 Å². The Morgan fingerprint density at radius 3 is 1.92 bits per heavy atom. The van der Waals surface area contributed by atoms with Crippen molar-refractivity contribution in [3.63, 3.8) is 0 Å². The summed E-state index contributed by atoms with van der Waals surface area (Å²) in [6, 6.07) is 26.4.